The lowest BCUT2D eigenvalue weighted by molar-refractivity contribution is -0.144. The predicted octanol–water partition coefficient (Wildman–Crippen LogP) is 1.48. The molecule has 0 aliphatic carbocycles. The molecule has 2 N–H and O–H groups in total. The highest BCUT2D eigenvalue weighted by molar-refractivity contribution is 5.82. The van der Waals surface area contributed by atoms with E-state index in [-0.39, 0.29) is 12.1 Å². The van der Waals surface area contributed by atoms with Gasteiger partial charge in [-0.15, -0.1) is 0 Å². The summed E-state index contributed by atoms with van der Waals surface area (Å²) in [6.45, 7) is 10.6. The Morgan fingerprint density at radius 2 is 1.80 bits per heavy atom. The summed E-state index contributed by atoms with van der Waals surface area (Å²) < 4.78 is 11.4. The summed E-state index contributed by atoms with van der Waals surface area (Å²) in [6, 6.07) is 0.00797. The maximum absolute atomic E-state index is 13.3. The van der Waals surface area contributed by atoms with E-state index in [2.05, 4.69) is 23.6 Å². The maximum Gasteiger partial charge on any atom is 0.240 e. The fourth-order valence-corrected chi connectivity index (χ4v) is 4.01. The predicted molar refractivity (Wildman–Crippen MR) is 99.5 cm³/mol. The first kappa shape index (κ1) is 20.6. The second-order valence-corrected chi connectivity index (χ2v) is 7.21. The lowest BCUT2D eigenvalue weighted by Gasteiger charge is -2.41. The van der Waals surface area contributed by atoms with Crippen LogP contribution in [0.5, 0.6) is 0 Å². The van der Waals surface area contributed by atoms with Crippen molar-refractivity contribution in [1.29, 1.82) is 0 Å². The van der Waals surface area contributed by atoms with Crippen LogP contribution in [0.1, 0.15) is 46.0 Å². The number of carbonyl (C=O) groups is 1. The molecule has 1 amide bonds. The van der Waals surface area contributed by atoms with Gasteiger partial charge in [0, 0.05) is 32.8 Å². The molecule has 2 aliphatic heterocycles. The van der Waals surface area contributed by atoms with Gasteiger partial charge >= 0.3 is 0 Å². The second kappa shape index (κ2) is 11.1. The van der Waals surface area contributed by atoms with E-state index in [9.17, 15) is 4.79 Å². The van der Waals surface area contributed by atoms with E-state index in [1.807, 2.05) is 0 Å². The monoisotopic (exact) mass is 355 g/mol. The summed E-state index contributed by atoms with van der Waals surface area (Å²) in [5.74, 6) is 0.736. The maximum atomic E-state index is 13.3. The van der Waals surface area contributed by atoms with Crippen LogP contribution in [0.15, 0.2) is 0 Å². The van der Waals surface area contributed by atoms with E-state index in [0.717, 1.165) is 78.1 Å². The summed E-state index contributed by atoms with van der Waals surface area (Å²) in [5.41, 5.74) is 5.52. The smallest absolute Gasteiger partial charge is 0.240 e. The minimum absolute atomic E-state index is 0.00797. The highest BCUT2D eigenvalue weighted by Crippen LogP contribution is 2.24. The molecule has 146 valence electrons. The van der Waals surface area contributed by atoms with Gasteiger partial charge < -0.3 is 20.1 Å². The highest BCUT2D eigenvalue weighted by atomic mass is 16.5. The van der Waals surface area contributed by atoms with Gasteiger partial charge in [0.25, 0.3) is 0 Å². The van der Waals surface area contributed by atoms with E-state index >= 15 is 0 Å². The summed E-state index contributed by atoms with van der Waals surface area (Å²) in [5, 5.41) is 0. The Hall–Kier alpha value is -0.690. The first-order valence-electron chi connectivity index (χ1n) is 10.1. The van der Waals surface area contributed by atoms with Crippen LogP contribution < -0.4 is 5.73 Å². The third-order valence-electron chi connectivity index (χ3n) is 5.64. The molecule has 0 bridgehead atoms. The standard InChI is InChI=1S/C19H37N3O3/c1-3-16(4-2)18(21-11-14-24-15-12-21)19(23)22-9-6-17(7-10-22)25-13-5-8-20/h16-18H,3-15,20H2,1-2H3. The Morgan fingerprint density at radius 3 is 2.36 bits per heavy atom. The summed E-state index contributed by atoms with van der Waals surface area (Å²) >= 11 is 0. The first-order valence-corrected chi connectivity index (χ1v) is 10.1. The highest BCUT2D eigenvalue weighted by Gasteiger charge is 2.36. The molecule has 1 atom stereocenters. The number of carbonyl (C=O) groups excluding carboxylic acids is 1. The largest absolute Gasteiger partial charge is 0.379 e. The third-order valence-corrected chi connectivity index (χ3v) is 5.64. The molecule has 6 nitrogen and oxygen atoms in total. The van der Waals surface area contributed by atoms with Gasteiger partial charge in [0.1, 0.15) is 0 Å². The average molecular weight is 356 g/mol. The van der Waals surface area contributed by atoms with Gasteiger partial charge in [-0.05, 0) is 31.7 Å². The van der Waals surface area contributed by atoms with Crippen molar-refractivity contribution in [2.45, 2.75) is 58.1 Å². The van der Waals surface area contributed by atoms with Gasteiger partial charge in [0.2, 0.25) is 5.91 Å². The number of piperidine rings is 1. The molecule has 2 heterocycles. The van der Waals surface area contributed by atoms with Crippen LogP contribution in [0.25, 0.3) is 0 Å². The quantitative estimate of drug-likeness (QED) is 0.635. The minimum Gasteiger partial charge on any atom is -0.379 e. The molecule has 2 fully saturated rings. The molecule has 2 aliphatic rings. The molecule has 0 aromatic carbocycles. The normalized spacial score (nSPS) is 21.7. The molecule has 0 aromatic heterocycles. The zero-order chi connectivity index (χ0) is 18.1. The molecule has 6 heteroatoms. The molecular formula is C19H37N3O3. The van der Waals surface area contributed by atoms with Crippen molar-refractivity contribution < 1.29 is 14.3 Å². The van der Waals surface area contributed by atoms with Crippen LogP contribution in [-0.4, -0.2) is 80.4 Å². The van der Waals surface area contributed by atoms with Gasteiger partial charge in [0.05, 0.1) is 25.4 Å². The molecule has 1 unspecified atom stereocenters. The Kier molecular flexibility index (Phi) is 9.17. The van der Waals surface area contributed by atoms with Crippen LogP contribution in [0.2, 0.25) is 0 Å². The fraction of sp³-hybridized carbons (Fsp3) is 0.947. The van der Waals surface area contributed by atoms with Crippen LogP contribution in [0.4, 0.5) is 0 Å². The van der Waals surface area contributed by atoms with Gasteiger partial charge in [-0.2, -0.15) is 0 Å². The van der Waals surface area contributed by atoms with Gasteiger partial charge in [-0.1, -0.05) is 26.7 Å². The molecule has 25 heavy (non-hydrogen) atoms. The Labute approximate surface area is 153 Å². The number of rotatable bonds is 9. The number of likely N-dealkylation sites (tertiary alicyclic amines) is 1. The van der Waals surface area contributed by atoms with Crippen LogP contribution >= 0.6 is 0 Å². The Bertz CT molecular complexity index is 376. The molecule has 0 saturated carbocycles. The topological polar surface area (TPSA) is 68.0 Å². The van der Waals surface area contributed by atoms with E-state index in [4.69, 9.17) is 15.2 Å². The zero-order valence-electron chi connectivity index (χ0n) is 16.1. The average Bonchev–Trinajstić information content (AvgIpc) is 2.67. The number of hydrogen-bond acceptors (Lipinski definition) is 5. The van der Waals surface area contributed by atoms with Crippen LogP contribution in [0.3, 0.4) is 0 Å². The van der Waals surface area contributed by atoms with Crippen molar-refractivity contribution in [2.24, 2.45) is 11.7 Å². The van der Waals surface area contributed by atoms with E-state index < -0.39 is 0 Å². The number of nitrogens with two attached hydrogens (primary N) is 1. The van der Waals surface area contributed by atoms with Gasteiger partial charge in [-0.3, -0.25) is 9.69 Å². The zero-order valence-corrected chi connectivity index (χ0v) is 16.1. The third kappa shape index (κ3) is 5.91. The lowest BCUT2D eigenvalue weighted by Crippen LogP contribution is -2.56. The number of ether oxygens (including phenoxy) is 2. The van der Waals surface area contributed by atoms with Crippen LogP contribution in [-0.2, 0) is 14.3 Å². The van der Waals surface area contributed by atoms with Crippen molar-refractivity contribution in [3.63, 3.8) is 0 Å². The molecule has 0 spiro atoms. The molecule has 0 radical (unpaired) electrons. The summed E-state index contributed by atoms with van der Waals surface area (Å²) in [6.07, 6.45) is 5.16. The van der Waals surface area contributed by atoms with E-state index in [1.165, 1.54) is 0 Å². The second-order valence-electron chi connectivity index (χ2n) is 7.21. The molecule has 0 aromatic rings. The van der Waals surface area contributed by atoms with Crippen molar-refractivity contribution in [2.75, 3.05) is 52.5 Å². The van der Waals surface area contributed by atoms with E-state index in [0.29, 0.717) is 18.4 Å². The number of nitrogens with zero attached hydrogens (tertiary/aromatic N) is 2. The first-order chi connectivity index (χ1) is 12.2. The van der Waals surface area contributed by atoms with Crippen LogP contribution in [0, 0.1) is 5.92 Å². The number of amides is 1. The summed E-state index contributed by atoms with van der Waals surface area (Å²) in [4.78, 5) is 17.7. The number of morpholine rings is 1. The number of hydrogen-bond donors (Lipinski definition) is 1. The van der Waals surface area contributed by atoms with Crippen molar-refractivity contribution >= 4 is 5.91 Å². The fourth-order valence-electron chi connectivity index (χ4n) is 4.01. The van der Waals surface area contributed by atoms with Gasteiger partial charge in [-0.25, -0.2) is 0 Å². The van der Waals surface area contributed by atoms with Crippen molar-refractivity contribution in [3.05, 3.63) is 0 Å². The van der Waals surface area contributed by atoms with E-state index in [1.54, 1.807) is 0 Å². The molecule has 2 saturated heterocycles. The summed E-state index contributed by atoms with van der Waals surface area (Å²) in [7, 11) is 0. The molecule has 2 rings (SSSR count). The van der Waals surface area contributed by atoms with Crippen molar-refractivity contribution in [1.82, 2.24) is 9.80 Å². The van der Waals surface area contributed by atoms with Gasteiger partial charge in [0.15, 0.2) is 0 Å². The Morgan fingerprint density at radius 1 is 1.16 bits per heavy atom. The van der Waals surface area contributed by atoms with Crippen molar-refractivity contribution in [3.8, 4) is 0 Å². The Balaban J connectivity index is 1.92. The minimum atomic E-state index is 0.00797. The lowest BCUT2D eigenvalue weighted by atomic mass is 9.90. The molecular weight excluding hydrogens is 318 g/mol. The SMILES string of the molecule is CCC(CC)C(C(=O)N1CCC(OCCCN)CC1)N1CCOCC1.